The van der Waals surface area contributed by atoms with Crippen molar-refractivity contribution in [2.24, 2.45) is 5.10 Å². The predicted molar refractivity (Wildman–Crippen MR) is 56.8 cm³/mol. The molecule has 76 valence electrons. The average molecular weight is 222 g/mol. The van der Waals surface area contributed by atoms with Crippen molar-refractivity contribution < 1.29 is 4.39 Å². The average Bonchev–Trinajstić information content (AvgIpc) is 2.61. The predicted octanol–water partition coefficient (Wildman–Crippen LogP) is 1.96. The lowest BCUT2D eigenvalue weighted by atomic mass is 10.2. The van der Waals surface area contributed by atoms with Crippen LogP contribution in [-0.2, 0) is 0 Å². The summed E-state index contributed by atoms with van der Waals surface area (Å²) in [6, 6.07) is 6.12. The van der Waals surface area contributed by atoms with E-state index >= 15 is 0 Å². The van der Waals surface area contributed by atoms with Crippen LogP contribution < -0.4 is 0 Å². The maximum Gasteiger partial charge on any atom is 0.216 e. The van der Waals surface area contributed by atoms with E-state index in [1.54, 1.807) is 12.1 Å². The second kappa shape index (κ2) is 4.14. The van der Waals surface area contributed by atoms with E-state index in [0.717, 1.165) is 0 Å². The minimum Gasteiger partial charge on any atom is -0.250 e. The fourth-order valence-electron chi connectivity index (χ4n) is 1.04. The molecule has 1 aromatic heterocycles. The second-order valence-corrected chi connectivity index (χ2v) is 3.19. The highest BCUT2D eigenvalue weighted by Gasteiger charge is 1.92. The van der Waals surface area contributed by atoms with Gasteiger partial charge in [-0.2, -0.15) is 14.9 Å². The first-order valence-corrected chi connectivity index (χ1v) is 4.58. The quantitative estimate of drug-likeness (QED) is 0.623. The number of rotatable bonds is 2. The van der Waals surface area contributed by atoms with Crippen LogP contribution in [0.15, 0.2) is 35.7 Å². The number of halogens is 1. The molecule has 0 amide bonds. The summed E-state index contributed by atoms with van der Waals surface area (Å²) in [7, 11) is 0. The lowest BCUT2D eigenvalue weighted by Gasteiger charge is -1.92. The van der Waals surface area contributed by atoms with Crippen LogP contribution in [0.4, 0.5) is 4.39 Å². The molecule has 0 spiro atoms. The van der Waals surface area contributed by atoms with E-state index in [4.69, 9.17) is 12.2 Å². The molecule has 0 unspecified atom stereocenters. The summed E-state index contributed by atoms with van der Waals surface area (Å²) < 4.78 is 14.6. The van der Waals surface area contributed by atoms with Crippen LogP contribution in [0.1, 0.15) is 5.56 Å². The third-order valence-electron chi connectivity index (χ3n) is 1.72. The Morgan fingerprint density at radius 2 is 2.40 bits per heavy atom. The maximum atomic E-state index is 12.8. The Labute approximate surface area is 90.1 Å². The third-order valence-corrected chi connectivity index (χ3v) is 1.99. The van der Waals surface area contributed by atoms with Gasteiger partial charge >= 0.3 is 0 Å². The zero-order valence-electron chi connectivity index (χ0n) is 7.59. The topological polar surface area (TPSA) is 46.0 Å². The van der Waals surface area contributed by atoms with Crippen molar-refractivity contribution in [1.29, 1.82) is 0 Å². The van der Waals surface area contributed by atoms with Crippen LogP contribution in [-0.4, -0.2) is 21.1 Å². The first-order valence-electron chi connectivity index (χ1n) is 4.17. The second-order valence-electron chi connectivity index (χ2n) is 2.81. The summed E-state index contributed by atoms with van der Waals surface area (Å²) in [5.74, 6) is -0.297. The van der Waals surface area contributed by atoms with Crippen molar-refractivity contribution in [1.82, 2.24) is 14.9 Å². The highest BCUT2D eigenvalue weighted by molar-refractivity contribution is 7.71. The van der Waals surface area contributed by atoms with Gasteiger partial charge < -0.3 is 0 Å². The molecule has 0 aliphatic rings. The highest BCUT2D eigenvalue weighted by Crippen LogP contribution is 2.00. The summed E-state index contributed by atoms with van der Waals surface area (Å²) in [6.07, 6.45) is 2.95. The molecule has 2 rings (SSSR count). The number of hydrogen-bond acceptors (Lipinski definition) is 3. The van der Waals surface area contributed by atoms with Crippen LogP contribution in [0.5, 0.6) is 0 Å². The zero-order chi connectivity index (χ0) is 10.7. The Hall–Kier alpha value is -1.82. The van der Waals surface area contributed by atoms with Crippen LogP contribution in [0.3, 0.4) is 0 Å². The Morgan fingerprint density at radius 3 is 3.07 bits per heavy atom. The summed E-state index contributed by atoms with van der Waals surface area (Å²) in [5.41, 5.74) is 0.665. The van der Waals surface area contributed by atoms with Crippen molar-refractivity contribution in [2.75, 3.05) is 0 Å². The first-order chi connectivity index (χ1) is 7.25. The smallest absolute Gasteiger partial charge is 0.216 e. The van der Waals surface area contributed by atoms with Gasteiger partial charge in [0.05, 0.1) is 6.21 Å². The molecule has 0 saturated heterocycles. The van der Waals surface area contributed by atoms with E-state index in [0.29, 0.717) is 10.3 Å². The van der Waals surface area contributed by atoms with Gasteiger partial charge in [0.2, 0.25) is 4.77 Å². The van der Waals surface area contributed by atoms with Crippen molar-refractivity contribution in [3.05, 3.63) is 46.7 Å². The van der Waals surface area contributed by atoms with Gasteiger partial charge in [-0.25, -0.2) is 4.39 Å². The molecule has 15 heavy (non-hydrogen) atoms. The van der Waals surface area contributed by atoms with E-state index in [1.165, 1.54) is 29.4 Å². The molecule has 2 aromatic rings. The number of aromatic amines is 1. The van der Waals surface area contributed by atoms with E-state index in [1.807, 2.05) is 0 Å². The molecule has 4 nitrogen and oxygen atoms in total. The van der Waals surface area contributed by atoms with Crippen molar-refractivity contribution in [3.8, 4) is 0 Å². The van der Waals surface area contributed by atoms with E-state index in [9.17, 15) is 4.39 Å². The van der Waals surface area contributed by atoms with Gasteiger partial charge in [0.15, 0.2) is 0 Å². The Kier molecular flexibility index (Phi) is 2.68. The van der Waals surface area contributed by atoms with E-state index < -0.39 is 0 Å². The molecular weight excluding hydrogens is 215 g/mol. The summed E-state index contributed by atoms with van der Waals surface area (Å²) in [4.78, 5) is 0. The van der Waals surface area contributed by atoms with Gasteiger partial charge in [0.1, 0.15) is 12.1 Å². The number of benzene rings is 1. The van der Waals surface area contributed by atoms with Gasteiger partial charge in [-0.15, -0.1) is 0 Å². The fourth-order valence-corrected chi connectivity index (χ4v) is 1.19. The largest absolute Gasteiger partial charge is 0.250 e. The standard InChI is InChI=1S/C9H7FN4S/c10-8-3-1-2-7(4-8)5-12-14-6-11-13-9(14)15/h1-6H,(H,13,15). The fraction of sp³-hybridized carbons (Fsp3) is 0. The maximum absolute atomic E-state index is 12.8. The molecule has 6 heteroatoms. The van der Waals surface area contributed by atoms with Crippen LogP contribution in [0.2, 0.25) is 0 Å². The monoisotopic (exact) mass is 222 g/mol. The molecule has 1 heterocycles. The molecule has 0 bridgehead atoms. The molecule has 0 saturated carbocycles. The summed E-state index contributed by atoms with van der Waals surface area (Å²) in [6.45, 7) is 0. The van der Waals surface area contributed by atoms with E-state index in [2.05, 4.69) is 15.3 Å². The Morgan fingerprint density at radius 1 is 1.53 bits per heavy atom. The molecular formula is C9H7FN4S. The van der Waals surface area contributed by atoms with Gasteiger partial charge in [0, 0.05) is 0 Å². The minimum atomic E-state index is -0.297. The van der Waals surface area contributed by atoms with Gasteiger partial charge in [0.25, 0.3) is 0 Å². The molecule has 0 radical (unpaired) electrons. The summed E-state index contributed by atoms with van der Waals surface area (Å²) in [5, 5.41) is 10.3. The van der Waals surface area contributed by atoms with Crippen LogP contribution >= 0.6 is 12.2 Å². The Balaban J connectivity index is 2.26. The molecule has 0 aliphatic carbocycles. The van der Waals surface area contributed by atoms with Gasteiger partial charge in [-0.3, -0.25) is 5.10 Å². The number of hydrogen-bond donors (Lipinski definition) is 1. The molecule has 1 N–H and O–H groups in total. The minimum absolute atomic E-state index is 0.297. The van der Waals surface area contributed by atoms with Crippen molar-refractivity contribution in [3.63, 3.8) is 0 Å². The number of aromatic nitrogens is 3. The molecule has 0 aliphatic heterocycles. The number of nitrogens with zero attached hydrogens (tertiary/aromatic N) is 3. The van der Waals surface area contributed by atoms with Crippen LogP contribution in [0.25, 0.3) is 0 Å². The van der Waals surface area contributed by atoms with Crippen molar-refractivity contribution in [2.45, 2.75) is 0 Å². The first kappa shape index (κ1) is 9.72. The summed E-state index contributed by atoms with van der Waals surface area (Å²) >= 11 is 4.88. The highest BCUT2D eigenvalue weighted by atomic mass is 32.1. The molecule has 0 fully saturated rings. The SMILES string of the molecule is Fc1cccc(C=Nn2cn[nH]c2=S)c1. The lowest BCUT2D eigenvalue weighted by molar-refractivity contribution is 0.627. The zero-order valence-corrected chi connectivity index (χ0v) is 8.41. The molecule has 1 aromatic carbocycles. The van der Waals surface area contributed by atoms with Gasteiger partial charge in [-0.05, 0) is 29.9 Å². The van der Waals surface area contributed by atoms with E-state index in [-0.39, 0.29) is 5.82 Å². The van der Waals surface area contributed by atoms with Gasteiger partial charge in [-0.1, -0.05) is 12.1 Å². The third kappa shape index (κ3) is 2.35. The van der Waals surface area contributed by atoms with Crippen molar-refractivity contribution >= 4 is 18.4 Å². The number of H-pyrrole nitrogens is 1. The molecule has 0 atom stereocenters. The lowest BCUT2D eigenvalue weighted by Crippen LogP contribution is -1.89. The number of nitrogens with one attached hydrogen (secondary N) is 1. The Bertz CT molecular complexity index is 543. The normalized spacial score (nSPS) is 11.0. The van der Waals surface area contributed by atoms with Crippen LogP contribution in [0, 0.1) is 10.6 Å².